The van der Waals surface area contributed by atoms with Crippen molar-refractivity contribution in [2.45, 2.75) is 6.10 Å². The van der Waals surface area contributed by atoms with Gasteiger partial charge in [0, 0.05) is 29.9 Å². The molecular formula is C21H18N4O2. The van der Waals surface area contributed by atoms with Gasteiger partial charge in [0.05, 0.1) is 23.4 Å². The first-order valence-electron chi connectivity index (χ1n) is 8.60. The van der Waals surface area contributed by atoms with E-state index in [1.165, 1.54) is 6.20 Å². The van der Waals surface area contributed by atoms with Gasteiger partial charge in [-0.05, 0) is 29.3 Å². The first-order valence-corrected chi connectivity index (χ1v) is 8.60. The fourth-order valence-corrected chi connectivity index (χ4v) is 2.93. The van der Waals surface area contributed by atoms with E-state index in [0.717, 1.165) is 27.6 Å². The molecular weight excluding hydrogens is 340 g/mol. The molecule has 0 fully saturated rings. The topological polar surface area (TPSA) is 90.9 Å². The maximum absolute atomic E-state index is 12.5. The Kier molecular flexibility index (Phi) is 4.63. The van der Waals surface area contributed by atoms with E-state index < -0.39 is 6.10 Å². The molecule has 1 atom stereocenters. The van der Waals surface area contributed by atoms with Crippen LogP contribution in [0.4, 0.5) is 0 Å². The normalized spacial score (nSPS) is 12.0. The number of aliphatic hydroxyl groups excluding tert-OH is 1. The highest BCUT2D eigenvalue weighted by Crippen LogP contribution is 2.23. The Hall–Kier alpha value is -3.51. The van der Waals surface area contributed by atoms with Gasteiger partial charge in [-0.3, -0.25) is 14.9 Å². The first-order chi connectivity index (χ1) is 13.2. The highest BCUT2D eigenvalue weighted by Gasteiger charge is 2.12. The van der Waals surface area contributed by atoms with Gasteiger partial charge < -0.3 is 10.4 Å². The van der Waals surface area contributed by atoms with Crippen molar-refractivity contribution in [1.29, 1.82) is 0 Å². The number of hydrogen-bond acceptors (Lipinski definition) is 4. The number of amides is 1. The predicted octanol–water partition coefficient (Wildman–Crippen LogP) is 3.09. The van der Waals surface area contributed by atoms with E-state index >= 15 is 0 Å². The SMILES string of the molecule is O=C(NC[C@@H](O)c1ccccc1)c1cncc(-c2ccc3[nH]ncc3c2)c1. The number of rotatable bonds is 5. The van der Waals surface area contributed by atoms with Crippen molar-refractivity contribution < 1.29 is 9.90 Å². The minimum absolute atomic E-state index is 0.133. The molecule has 0 aliphatic rings. The van der Waals surface area contributed by atoms with Crippen LogP contribution in [0, 0.1) is 0 Å². The van der Waals surface area contributed by atoms with E-state index in [4.69, 9.17) is 0 Å². The van der Waals surface area contributed by atoms with Gasteiger partial charge in [0.15, 0.2) is 0 Å². The molecule has 3 N–H and O–H groups in total. The second-order valence-electron chi connectivity index (χ2n) is 6.27. The maximum atomic E-state index is 12.5. The summed E-state index contributed by atoms with van der Waals surface area (Å²) in [7, 11) is 0. The van der Waals surface area contributed by atoms with Crippen molar-refractivity contribution in [2.75, 3.05) is 6.54 Å². The molecule has 0 saturated heterocycles. The largest absolute Gasteiger partial charge is 0.387 e. The lowest BCUT2D eigenvalue weighted by Crippen LogP contribution is -2.28. The van der Waals surface area contributed by atoms with Crippen molar-refractivity contribution >= 4 is 16.8 Å². The smallest absolute Gasteiger partial charge is 0.252 e. The molecule has 27 heavy (non-hydrogen) atoms. The number of carbonyl (C=O) groups excluding carboxylic acids is 1. The summed E-state index contributed by atoms with van der Waals surface area (Å²) >= 11 is 0. The van der Waals surface area contributed by atoms with Gasteiger partial charge in [-0.2, -0.15) is 5.10 Å². The van der Waals surface area contributed by atoms with Gasteiger partial charge in [0.25, 0.3) is 5.91 Å². The molecule has 4 aromatic rings. The minimum Gasteiger partial charge on any atom is -0.387 e. The Morgan fingerprint density at radius 3 is 2.74 bits per heavy atom. The van der Waals surface area contributed by atoms with Gasteiger partial charge in [-0.25, -0.2) is 0 Å². The Balaban J connectivity index is 1.49. The van der Waals surface area contributed by atoms with Crippen LogP contribution in [0.2, 0.25) is 0 Å². The summed E-state index contributed by atoms with van der Waals surface area (Å²) in [6.45, 7) is 0.133. The van der Waals surface area contributed by atoms with E-state index in [1.54, 1.807) is 18.5 Å². The average molecular weight is 358 g/mol. The van der Waals surface area contributed by atoms with Gasteiger partial charge in [0.1, 0.15) is 0 Å². The van der Waals surface area contributed by atoms with E-state index in [9.17, 15) is 9.90 Å². The second kappa shape index (κ2) is 7.39. The molecule has 1 amide bonds. The lowest BCUT2D eigenvalue weighted by molar-refractivity contribution is 0.0916. The molecule has 0 aliphatic carbocycles. The van der Waals surface area contributed by atoms with Crippen molar-refractivity contribution in [3.8, 4) is 11.1 Å². The molecule has 2 aromatic heterocycles. The third-order valence-electron chi connectivity index (χ3n) is 4.41. The van der Waals surface area contributed by atoms with Crippen LogP contribution in [0.1, 0.15) is 22.0 Å². The number of nitrogens with zero attached hydrogens (tertiary/aromatic N) is 2. The Morgan fingerprint density at radius 2 is 1.89 bits per heavy atom. The molecule has 2 heterocycles. The zero-order chi connectivity index (χ0) is 18.6. The summed E-state index contributed by atoms with van der Waals surface area (Å²) in [5.74, 6) is -0.274. The van der Waals surface area contributed by atoms with E-state index in [2.05, 4.69) is 20.5 Å². The van der Waals surface area contributed by atoms with Crippen molar-refractivity contribution in [3.63, 3.8) is 0 Å². The number of carbonyl (C=O) groups is 1. The molecule has 134 valence electrons. The standard InChI is InChI=1S/C21H18N4O2/c26-20(14-4-2-1-3-5-14)13-23-21(27)18-9-16(10-22-11-18)15-6-7-19-17(8-15)12-24-25-19/h1-12,20,26H,13H2,(H,23,27)(H,24,25)/t20-/m1/s1. The zero-order valence-electron chi connectivity index (χ0n) is 14.5. The van der Waals surface area contributed by atoms with Gasteiger partial charge in [-0.1, -0.05) is 36.4 Å². The van der Waals surface area contributed by atoms with Crippen LogP contribution >= 0.6 is 0 Å². The molecule has 0 aliphatic heterocycles. The van der Waals surface area contributed by atoms with Gasteiger partial charge in [0.2, 0.25) is 0 Å². The number of benzene rings is 2. The van der Waals surface area contributed by atoms with Crippen LogP contribution < -0.4 is 5.32 Å². The number of pyridine rings is 1. The summed E-state index contributed by atoms with van der Waals surface area (Å²) in [6.07, 6.45) is 4.24. The highest BCUT2D eigenvalue weighted by molar-refractivity contribution is 5.95. The van der Waals surface area contributed by atoms with Gasteiger partial charge in [-0.15, -0.1) is 0 Å². The molecule has 6 nitrogen and oxygen atoms in total. The monoisotopic (exact) mass is 358 g/mol. The van der Waals surface area contributed by atoms with Crippen LogP contribution in [0.25, 0.3) is 22.0 Å². The summed E-state index contributed by atoms with van der Waals surface area (Å²) < 4.78 is 0. The molecule has 0 bridgehead atoms. The molecule has 0 saturated carbocycles. The molecule has 0 unspecified atom stereocenters. The molecule has 2 aromatic carbocycles. The predicted molar refractivity (Wildman–Crippen MR) is 103 cm³/mol. The molecule has 0 radical (unpaired) electrons. The molecule has 6 heteroatoms. The van der Waals surface area contributed by atoms with E-state index in [0.29, 0.717) is 5.56 Å². The number of aromatic nitrogens is 3. The van der Waals surface area contributed by atoms with Crippen LogP contribution in [0.3, 0.4) is 0 Å². The third kappa shape index (κ3) is 3.70. The van der Waals surface area contributed by atoms with Crippen LogP contribution in [-0.4, -0.2) is 32.7 Å². The molecule has 0 spiro atoms. The number of aromatic amines is 1. The van der Waals surface area contributed by atoms with Gasteiger partial charge >= 0.3 is 0 Å². The quantitative estimate of drug-likeness (QED) is 0.511. The number of aliphatic hydroxyl groups is 1. The van der Waals surface area contributed by atoms with E-state index in [1.807, 2.05) is 48.5 Å². The first kappa shape index (κ1) is 16.9. The summed E-state index contributed by atoms with van der Waals surface area (Å²) in [5, 5.41) is 20.9. The lowest BCUT2D eigenvalue weighted by Gasteiger charge is -2.12. The number of hydrogen-bond donors (Lipinski definition) is 3. The fourth-order valence-electron chi connectivity index (χ4n) is 2.93. The molecule has 4 rings (SSSR count). The van der Waals surface area contributed by atoms with Crippen LogP contribution in [-0.2, 0) is 0 Å². The summed E-state index contributed by atoms with van der Waals surface area (Å²) in [5.41, 5.74) is 3.96. The van der Waals surface area contributed by atoms with Crippen molar-refractivity contribution in [2.24, 2.45) is 0 Å². The highest BCUT2D eigenvalue weighted by atomic mass is 16.3. The maximum Gasteiger partial charge on any atom is 0.252 e. The zero-order valence-corrected chi connectivity index (χ0v) is 14.5. The average Bonchev–Trinajstić information content (AvgIpc) is 3.20. The van der Waals surface area contributed by atoms with E-state index in [-0.39, 0.29) is 12.5 Å². The lowest BCUT2D eigenvalue weighted by atomic mass is 10.0. The van der Waals surface area contributed by atoms with Crippen LogP contribution in [0.5, 0.6) is 0 Å². The number of H-pyrrole nitrogens is 1. The van der Waals surface area contributed by atoms with Crippen molar-refractivity contribution in [1.82, 2.24) is 20.5 Å². The summed E-state index contributed by atoms with van der Waals surface area (Å²) in [4.78, 5) is 16.6. The number of fused-ring (bicyclic) bond motifs is 1. The fraction of sp³-hybridized carbons (Fsp3) is 0.0952. The Labute approximate surface area is 155 Å². The van der Waals surface area contributed by atoms with Crippen LogP contribution in [0.15, 0.2) is 73.2 Å². The minimum atomic E-state index is -0.755. The second-order valence-corrected chi connectivity index (χ2v) is 6.27. The third-order valence-corrected chi connectivity index (χ3v) is 4.41. The summed E-state index contributed by atoms with van der Waals surface area (Å²) in [6, 6.07) is 16.9. The van der Waals surface area contributed by atoms with Crippen molar-refractivity contribution in [3.05, 3.63) is 84.3 Å². The number of nitrogens with one attached hydrogen (secondary N) is 2. The Bertz CT molecular complexity index is 1080. The Morgan fingerprint density at radius 1 is 1.04 bits per heavy atom.